The van der Waals surface area contributed by atoms with E-state index in [-0.39, 0.29) is 24.2 Å². The molecule has 2 aliphatic rings. The Balaban J connectivity index is 0.00000176. The summed E-state index contributed by atoms with van der Waals surface area (Å²) in [6.45, 7) is 8.08. The zero-order valence-electron chi connectivity index (χ0n) is 12.8. The van der Waals surface area contributed by atoms with Gasteiger partial charge in [0.15, 0.2) is 0 Å². The highest BCUT2D eigenvalue weighted by Gasteiger charge is 2.33. The lowest BCUT2D eigenvalue weighted by molar-refractivity contribution is -0.131. The molecule has 2 aliphatic heterocycles. The molecule has 0 saturated carbocycles. The molecule has 22 heavy (non-hydrogen) atoms. The van der Waals surface area contributed by atoms with Crippen LogP contribution in [-0.4, -0.2) is 61.0 Å². The fourth-order valence-corrected chi connectivity index (χ4v) is 4.35. The topological polar surface area (TPSA) is 35.6 Å². The molecule has 0 radical (unpaired) electrons. The van der Waals surface area contributed by atoms with Crippen LogP contribution in [0.2, 0.25) is 4.34 Å². The number of rotatable bonds is 3. The molecule has 0 aromatic carbocycles. The normalized spacial score (nSPS) is 24.1. The summed E-state index contributed by atoms with van der Waals surface area (Å²) in [5.41, 5.74) is 0. The van der Waals surface area contributed by atoms with Crippen LogP contribution < -0.4 is 5.32 Å². The molecule has 0 spiro atoms. The van der Waals surface area contributed by atoms with E-state index >= 15 is 0 Å². The number of piperazine rings is 1. The van der Waals surface area contributed by atoms with Crippen molar-refractivity contribution in [1.82, 2.24) is 15.1 Å². The minimum absolute atomic E-state index is 0. The Morgan fingerprint density at radius 2 is 2.09 bits per heavy atom. The van der Waals surface area contributed by atoms with Gasteiger partial charge in [0.25, 0.3) is 0 Å². The van der Waals surface area contributed by atoms with E-state index in [9.17, 15) is 4.79 Å². The van der Waals surface area contributed by atoms with E-state index in [0.717, 1.165) is 54.9 Å². The number of nitrogens with zero attached hydrogens (tertiary/aromatic N) is 2. The highest BCUT2D eigenvalue weighted by atomic mass is 35.5. The third-order valence-corrected chi connectivity index (χ3v) is 5.95. The molecule has 2 saturated heterocycles. The molecular weight excluding hydrogens is 341 g/mol. The molecule has 2 unspecified atom stereocenters. The second kappa shape index (κ2) is 7.97. The zero-order valence-corrected chi connectivity index (χ0v) is 15.1. The first-order chi connectivity index (χ1) is 10.1. The van der Waals surface area contributed by atoms with Crippen molar-refractivity contribution >= 4 is 41.3 Å². The molecule has 0 aliphatic carbocycles. The van der Waals surface area contributed by atoms with E-state index < -0.39 is 0 Å². The summed E-state index contributed by atoms with van der Waals surface area (Å²) in [5, 5.41) is 3.38. The molecule has 4 nitrogen and oxygen atoms in total. The van der Waals surface area contributed by atoms with Gasteiger partial charge in [-0.2, -0.15) is 0 Å². The van der Waals surface area contributed by atoms with Gasteiger partial charge in [0.05, 0.1) is 10.3 Å². The van der Waals surface area contributed by atoms with Gasteiger partial charge in [-0.05, 0) is 25.5 Å². The quantitative estimate of drug-likeness (QED) is 0.895. The van der Waals surface area contributed by atoms with E-state index in [1.165, 1.54) is 11.3 Å². The Morgan fingerprint density at radius 1 is 1.36 bits per heavy atom. The van der Waals surface area contributed by atoms with E-state index in [0.29, 0.717) is 6.04 Å². The average molecular weight is 364 g/mol. The van der Waals surface area contributed by atoms with E-state index in [4.69, 9.17) is 11.6 Å². The van der Waals surface area contributed by atoms with E-state index in [2.05, 4.69) is 10.2 Å². The molecule has 0 bridgehead atoms. The van der Waals surface area contributed by atoms with Crippen LogP contribution in [0.1, 0.15) is 24.1 Å². The van der Waals surface area contributed by atoms with Gasteiger partial charge in [0, 0.05) is 50.2 Å². The summed E-state index contributed by atoms with van der Waals surface area (Å²) in [6.07, 6.45) is 1.10. The van der Waals surface area contributed by atoms with Crippen molar-refractivity contribution in [3.05, 3.63) is 21.3 Å². The minimum atomic E-state index is -0.0794. The SMILES string of the molecule is CC(C(=O)N1CCC(N2CCNCC2)C1)c1ccc(Cl)s1.Cl. The Hall–Kier alpha value is -0.330. The van der Waals surface area contributed by atoms with Gasteiger partial charge in [0.2, 0.25) is 5.91 Å². The van der Waals surface area contributed by atoms with Crippen molar-refractivity contribution in [3.63, 3.8) is 0 Å². The Kier molecular flexibility index (Phi) is 6.53. The Morgan fingerprint density at radius 3 is 2.73 bits per heavy atom. The van der Waals surface area contributed by atoms with Crippen molar-refractivity contribution in [2.75, 3.05) is 39.3 Å². The molecule has 1 amide bonds. The molecule has 1 aromatic heterocycles. The minimum Gasteiger partial charge on any atom is -0.341 e. The first kappa shape index (κ1) is 18.0. The summed E-state index contributed by atoms with van der Waals surface area (Å²) < 4.78 is 0.754. The lowest BCUT2D eigenvalue weighted by atomic mass is 10.1. The molecule has 124 valence electrons. The summed E-state index contributed by atoms with van der Waals surface area (Å²) in [7, 11) is 0. The Labute approximate surface area is 147 Å². The number of amides is 1. The number of hydrogen-bond acceptors (Lipinski definition) is 4. The standard InChI is InChI=1S/C15H22ClN3OS.ClH/c1-11(13-2-3-14(16)21-13)15(20)19-7-4-12(10-19)18-8-5-17-6-9-18;/h2-3,11-12,17H,4-10H2,1H3;1H. The number of halogens is 2. The van der Waals surface area contributed by atoms with Crippen LogP contribution >= 0.6 is 35.3 Å². The number of likely N-dealkylation sites (tertiary alicyclic amines) is 1. The summed E-state index contributed by atoms with van der Waals surface area (Å²) >= 11 is 7.49. The lowest BCUT2D eigenvalue weighted by Crippen LogP contribution is -2.49. The monoisotopic (exact) mass is 363 g/mol. The largest absolute Gasteiger partial charge is 0.341 e. The van der Waals surface area contributed by atoms with Crippen molar-refractivity contribution < 1.29 is 4.79 Å². The maximum atomic E-state index is 12.6. The molecule has 7 heteroatoms. The number of hydrogen-bond donors (Lipinski definition) is 1. The van der Waals surface area contributed by atoms with Gasteiger partial charge >= 0.3 is 0 Å². The third kappa shape index (κ3) is 3.95. The molecule has 2 fully saturated rings. The van der Waals surface area contributed by atoms with E-state index in [1.807, 2.05) is 24.0 Å². The molecule has 3 heterocycles. The van der Waals surface area contributed by atoms with Crippen LogP contribution in [-0.2, 0) is 4.79 Å². The van der Waals surface area contributed by atoms with E-state index in [1.54, 1.807) is 0 Å². The lowest BCUT2D eigenvalue weighted by Gasteiger charge is -2.32. The maximum Gasteiger partial charge on any atom is 0.230 e. The van der Waals surface area contributed by atoms with Gasteiger partial charge in [-0.25, -0.2) is 0 Å². The first-order valence-electron chi connectivity index (χ1n) is 7.64. The van der Waals surface area contributed by atoms with Crippen molar-refractivity contribution in [2.24, 2.45) is 0 Å². The van der Waals surface area contributed by atoms with Crippen LogP contribution in [0.5, 0.6) is 0 Å². The number of carbonyl (C=O) groups excluding carboxylic acids is 1. The predicted molar refractivity (Wildman–Crippen MR) is 94.4 cm³/mol. The fraction of sp³-hybridized carbons (Fsp3) is 0.667. The van der Waals surface area contributed by atoms with Crippen LogP contribution in [0.4, 0.5) is 0 Å². The maximum absolute atomic E-state index is 12.6. The Bertz CT molecular complexity index is 505. The number of carbonyl (C=O) groups is 1. The average Bonchev–Trinajstić information content (AvgIpc) is 3.16. The molecule has 1 aromatic rings. The van der Waals surface area contributed by atoms with Crippen molar-refractivity contribution in [2.45, 2.75) is 25.3 Å². The van der Waals surface area contributed by atoms with Gasteiger partial charge in [-0.1, -0.05) is 11.6 Å². The number of thiophene rings is 1. The van der Waals surface area contributed by atoms with Gasteiger partial charge in [-0.15, -0.1) is 23.7 Å². The van der Waals surface area contributed by atoms with Crippen LogP contribution in [0.25, 0.3) is 0 Å². The molecule has 3 rings (SSSR count). The second-order valence-corrected chi connectivity index (χ2v) is 7.62. The summed E-state index contributed by atoms with van der Waals surface area (Å²) in [6, 6.07) is 4.38. The van der Waals surface area contributed by atoms with Crippen LogP contribution in [0.15, 0.2) is 12.1 Å². The van der Waals surface area contributed by atoms with Crippen molar-refractivity contribution in [3.8, 4) is 0 Å². The smallest absolute Gasteiger partial charge is 0.230 e. The predicted octanol–water partition coefficient (Wildman–Crippen LogP) is 2.43. The first-order valence-corrected chi connectivity index (χ1v) is 8.83. The van der Waals surface area contributed by atoms with Gasteiger partial charge in [0.1, 0.15) is 0 Å². The molecule has 1 N–H and O–H groups in total. The fourth-order valence-electron chi connectivity index (χ4n) is 3.24. The highest BCUT2D eigenvalue weighted by molar-refractivity contribution is 7.16. The zero-order chi connectivity index (χ0) is 14.8. The number of nitrogens with one attached hydrogen (secondary N) is 1. The summed E-state index contributed by atoms with van der Waals surface area (Å²) in [4.78, 5) is 18.3. The van der Waals surface area contributed by atoms with Crippen LogP contribution in [0.3, 0.4) is 0 Å². The van der Waals surface area contributed by atoms with Crippen LogP contribution in [0, 0.1) is 0 Å². The summed E-state index contributed by atoms with van der Waals surface area (Å²) in [5.74, 6) is 0.162. The second-order valence-electron chi connectivity index (χ2n) is 5.88. The highest BCUT2D eigenvalue weighted by Crippen LogP contribution is 2.30. The van der Waals surface area contributed by atoms with Gasteiger partial charge < -0.3 is 10.2 Å². The third-order valence-electron chi connectivity index (χ3n) is 4.53. The van der Waals surface area contributed by atoms with Gasteiger partial charge in [-0.3, -0.25) is 9.69 Å². The molecule has 2 atom stereocenters. The molecular formula is C15H23Cl2N3OS. The van der Waals surface area contributed by atoms with Crippen molar-refractivity contribution in [1.29, 1.82) is 0 Å².